The second-order valence-electron chi connectivity index (χ2n) is 5.07. The van der Waals surface area contributed by atoms with Gasteiger partial charge in [0.05, 0.1) is 22.4 Å². The van der Waals surface area contributed by atoms with Crippen molar-refractivity contribution in [2.24, 2.45) is 5.92 Å². The first kappa shape index (κ1) is 17.1. The van der Waals surface area contributed by atoms with Gasteiger partial charge in [0.2, 0.25) is 10.0 Å². The summed E-state index contributed by atoms with van der Waals surface area (Å²) in [4.78, 5) is 11.1. The summed E-state index contributed by atoms with van der Waals surface area (Å²) in [6.07, 6.45) is 1.02. The van der Waals surface area contributed by atoms with Gasteiger partial charge in [-0.25, -0.2) is 8.42 Å². The predicted octanol–water partition coefficient (Wildman–Crippen LogP) is 2.22. The lowest BCUT2D eigenvalue weighted by molar-refractivity contribution is -0.142. The number of carboxylic acids is 1. The van der Waals surface area contributed by atoms with Crippen molar-refractivity contribution in [2.45, 2.75) is 24.7 Å². The van der Waals surface area contributed by atoms with Crippen LogP contribution >= 0.6 is 11.6 Å². The van der Waals surface area contributed by atoms with E-state index in [0.29, 0.717) is 31.7 Å². The lowest BCUT2D eigenvalue weighted by Crippen LogP contribution is -2.42. The van der Waals surface area contributed by atoms with Gasteiger partial charge in [-0.3, -0.25) is 4.79 Å². The molecule has 1 fully saturated rings. The molecule has 22 heavy (non-hydrogen) atoms. The molecule has 1 heterocycles. The highest BCUT2D eigenvalue weighted by Gasteiger charge is 2.33. The van der Waals surface area contributed by atoms with Crippen molar-refractivity contribution < 1.29 is 23.1 Å². The van der Waals surface area contributed by atoms with E-state index in [4.69, 9.17) is 21.4 Å². The predicted molar refractivity (Wildman–Crippen MR) is 81.7 cm³/mol. The van der Waals surface area contributed by atoms with Crippen molar-refractivity contribution in [3.05, 3.63) is 23.2 Å². The summed E-state index contributed by atoms with van der Waals surface area (Å²) in [5.41, 5.74) is 0. The molecule has 6 nitrogen and oxygen atoms in total. The van der Waals surface area contributed by atoms with E-state index < -0.39 is 21.9 Å². The Morgan fingerprint density at radius 2 is 2.23 bits per heavy atom. The first-order valence-corrected chi connectivity index (χ1v) is 8.83. The van der Waals surface area contributed by atoms with Crippen molar-refractivity contribution in [3.63, 3.8) is 0 Å². The first-order chi connectivity index (χ1) is 10.4. The van der Waals surface area contributed by atoms with E-state index in [1.807, 2.05) is 0 Å². The molecule has 1 N–H and O–H groups in total. The number of ether oxygens (including phenoxy) is 1. The molecule has 1 saturated heterocycles. The van der Waals surface area contributed by atoms with Gasteiger partial charge in [-0.2, -0.15) is 4.31 Å². The number of benzene rings is 1. The summed E-state index contributed by atoms with van der Waals surface area (Å²) in [6.45, 7) is 2.54. The average molecular weight is 348 g/mol. The molecule has 2 rings (SSSR count). The molecule has 0 saturated carbocycles. The molecular formula is C14H18ClNO5S. The van der Waals surface area contributed by atoms with E-state index in [1.54, 1.807) is 6.92 Å². The van der Waals surface area contributed by atoms with E-state index in [0.717, 1.165) is 0 Å². The quantitative estimate of drug-likeness (QED) is 0.882. The lowest BCUT2D eigenvalue weighted by atomic mass is 10.0. The van der Waals surface area contributed by atoms with Gasteiger partial charge in [0, 0.05) is 13.1 Å². The third-order valence-corrected chi connectivity index (χ3v) is 5.73. The Labute approximate surface area is 134 Å². The Hall–Kier alpha value is -1.31. The minimum Gasteiger partial charge on any atom is -0.492 e. The van der Waals surface area contributed by atoms with Crippen LogP contribution in [0.1, 0.15) is 19.8 Å². The molecule has 0 amide bonds. The molecule has 1 aromatic rings. The van der Waals surface area contributed by atoms with Crippen molar-refractivity contribution in [3.8, 4) is 5.75 Å². The zero-order chi connectivity index (χ0) is 16.3. The molecule has 0 aromatic heterocycles. The van der Waals surface area contributed by atoms with E-state index in [-0.39, 0.29) is 16.5 Å². The summed E-state index contributed by atoms with van der Waals surface area (Å²) in [5, 5.41) is 9.29. The standard InChI is InChI=1S/C14H18ClNO5S/c1-2-21-13-6-5-11(8-12(13)15)22(19,20)16-7-3-4-10(9-16)14(17)18/h5-6,8,10H,2-4,7,9H2,1H3,(H,17,18)/t10-/m1/s1. The van der Waals surface area contributed by atoms with Gasteiger partial charge >= 0.3 is 5.97 Å². The largest absolute Gasteiger partial charge is 0.492 e. The van der Waals surface area contributed by atoms with E-state index >= 15 is 0 Å². The van der Waals surface area contributed by atoms with Gasteiger partial charge in [-0.1, -0.05) is 11.6 Å². The molecule has 0 radical (unpaired) electrons. The van der Waals surface area contributed by atoms with E-state index in [1.165, 1.54) is 22.5 Å². The fraction of sp³-hybridized carbons (Fsp3) is 0.500. The highest BCUT2D eigenvalue weighted by atomic mass is 35.5. The third kappa shape index (κ3) is 3.53. The van der Waals surface area contributed by atoms with Crippen LogP contribution in [0.25, 0.3) is 0 Å². The molecule has 0 aliphatic carbocycles. The Morgan fingerprint density at radius 3 is 2.82 bits per heavy atom. The summed E-state index contributed by atoms with van der Waals surface area (Å²) >= 11 is 6.03. The second kappa shape index (κ2) is 6.85. The first-order valence-electron chi connectivity index (χ1n) is 7.01. The number of hydrogen-bond acceptors (Lipinski definition) is 4. The zero-order valence-electron chi connectivity index (χ0n) is 12.2. The maximum absolute atomic E-state index is 12.6. The lowest BCUT2D eigenvalue weighted by Gasteiger charge is -2.29. The number of carbonyl (C=O) groups is 1. The maximum atomic E-state index is 12.6. The molecule has 122 valence electrons. The number of hydrogen-bond donors (Lipinski definition) is 1. The normalized spacial score (nSPS) is 19.8. The average Bonchev–Trinajstić information content (AvgIpc) is 2.49. The number of nitrogens with zero attached hydrogens (tertiary/aromatic N) is 1. The molecule has 0 spiro atoms. The summed E-state index contributed by atoms with van der Waals surface area (Å²) in [6, 6.07) is 4.28. The monoisotopic (exact) mass is 347 g/mol. The van der Waals surface area contributed by atoms with Crippen molar-refractivity contribution in [1.29, 1.82) is 0 Å². The Bertz CT molecular complexity index is 661. The molecule has 1 atom stereocenters. The minimum atomic E-state index is -3.75. The molecule has 8 heteroatoms. The Morgan fingerprint density at radius 1 is 1.50 bits per heavy atom. The zero-order valence-corrected chi connectivity index (χ0v) is 13.7. The van der Waals surface area contributed by atoms with Crippen LogP contribution in [-0.2, 0) is 14.8 Å². The molecule has 0 bridgehead atoms. The van der Waals surface area contributed by atoms with Crippen LogP contribution < -0.4 is 4.74 Å². The number of sulfonamides is 1. The van der Waals surface area contributed by atoms with Gasteiger partial charge in [-0.05, 0) is 38.0 Å². The fourth-order valence-corrected chi connectivity index (χ4v) is 4.28. The van der Waals surface area contributed by atoms with Crippen LogP contribution in [0.5, 0.6) is 5.75 Å². The summed E-state index contributed by atoms with van der Waals surface area (Å²) in [7, 11) is -3.75. The smallest absolute Gasteiger partial charge is 0.307 e. The summed E-state index contributed by atoms with van der Waals surface area (Å²) in [5.74, 6) is -1.21. The molecule has 0 unspecified atom stereocenters. The maximum Gasteiger partial charge on any atom is 0.307 e. The van der Waals surface area contributed by atoms with Crippen molar-refractivity contribution in [2.75, 3.05) is 19.7 Å². The van der Waals surface area contributed by atoms with Crippen molar-refractivity contribution >= 4 is 27.6 Å². The van der Waals surface area contributed by atoms with Gasteiger partial charge in [0.1, 0.15) is 5.75 Å². The van der Waals surface area contributed by atoms with Crippen LogP contribution in [0, 0.1) is 5.92 Å². The van der Waals surface area contributed by atoms with Crippen LogP contribution in [0.3, 0.4) is 0 Å². The van der Waals surface area contributed by atoms with Gasteiger partial charge < -0.3 is 9.84 Å². The topological polar surface area (TPSA) is 83.9 Å². The number of piperidine rings is 1. The number of carboxylic acid groups (broad SMARTS) is 1. The number of aliphatic carboxylic acids is 1. The molecular weight excluding hydrogens is 330 g/mol. The highest BCUT2D eigenvalue weighted by Crippen LogP contribution is 2.30. The minimum absolute atomic E-state index is 0.0114. The number of halogens is 1. The third-order valence-electron chi connectivity index (χ3n) is 3.57. The van der Waals surface area contributed by atoms with Gasteiger partial charge in [0.25, 0.3) is 0 Å². The van der Waals surface area contributed by atoms with E-state index in [9.17, 15) is 13.2 Å². The van der Waals surface area contributed by atoms with Crippen LogP contribution in [0.2, 0.25) is 5.02 Å². The van der Waals surface area contributed by atoms with Crippen LogP contribution in [0.4, 0.5) is 0 Å². The summed E-state index contributed by atoms with van der Waals surface area (Å²) < 4.78 is 31.7. The Kier molecular flexibility index (Phi) is 5.31. The van der Waals surface area contributed by atoms with E-state index in [2.05, 4.69) is 0 Å². The molecule has 1 aliphatic heterocycles. The van der Waals surface area contributed by atoms with Crippen molar-refractivity contribution in [1.82, 2.24) is 4.31 Å². The SMILES string of the molecule is CCOc1ccc(S(=O)(=O)N2CCC[C@@H](C(=O)O)C2)cc1Cl. The van der Waals surface area contributed by atoms with Gasteiger partial charge in [0.15, 0.2) is 0 Å². The molecule has 1 aromatic carbocycles. The molecule has 1 aliphatic rings. The van der Waals surface area contributed by atoms with Crippen LogP contribution in [-0.4, -0.2) is 43.5 Å². The van der Waals surface area contributed by atoms with Gasteiger partial charge in [-0.15, -0.1) is 0 Å². The number of rotatable bonds is 5. The van der Waals surface area contributed by atoms with Crippen LogP contribution in [0.15, 0.2) is 23.1 Å². The Balaban J connectivity index is 2.26. The second-order valence-corrected chi connectivity index (χ2v) is 7.41. The fourth-order valence-electron chi connectivity index (χ4n) is 2.43. The highest BCUT2D eigenvalue weighted by molar-refractivity contribution is 7.89.